The summed E-state index contributed by atoms with van der Waals surface area (Å²) in [5.74, 6) is -1.04. The first-order valence-electron chi connectivity index (χ1n) is 6.68. The summed E-state index contributed by atoms with van der Waals surface area (Å²) >= 11 is 0. The van der Waals surface area contributed by atoms with Gasteiger partial charge >= 0.3 is 5.97 Å². The van der Waals surface area contributed by atoms with Gasteiger partial charge in [-0.2, -0.15) is 5.10 Å². The van der Waals surface area contributed by atoms with Crippen LogP contribution in [0.5, 0.6) is 0 Å². The molecule has 0 spiro atoms. The van der Waals surface area contributed by atoms with Gasteiger partial charge in [0.2, 0.25) is 0 Å². The molecule has 0 aliphatic carbocycles. The van der Waals surface area contributed by atoms with E-state index in [-0.39, 0.29) is 12.3 Å². The molecule has 1 atom stereocenters. The maximum absolute atomic E-state index is 12.5. The highest BCUT2D eigenvalue weighted by Gasteiger charge is 2.28. The Balaban J connectivity index is 2.10. The molecule has 0 aromatic carbocycles. The number of aliphatic carboxylic acids is 1. The zero-order valence-electron chi connectivity index (χ0n) is 11.7. The monoisotopic (exact) mass is 281 g/mol. The Morgan fingerprint density at radius 3 is 2.95 bits per heavy atom. The first-order chi connectivity index (χ1) is 9.51. The number of morpholine rings is 1. The Morgan fingerprint density at radius 1 is 1.55 bits per heavy atom. The molecule has 1 aromatic heterocycles. The summed E-state index contributed by atoms with van der Waals surface area (Å²) in [6.45, 7) is 5.54. The number of carboxylic acid groups (broad SMARTS) is 1. The summed E-state index contributed by atoms with van der Waals surface area (Å²) < 4.78 is 7.04. The molecule has 1 aromatic rings. The molecule has 110 valence electrons. The molecular weight excluding hydrogens is 262 g/mol. The van der Waals surface area contributed by atoms with Crippen molar-refractivity contribution in [2.24, 2.45) is 0 Å². The van der Waals surface area contributed by atoms with E-state index in [0.29, 0.717) is 31.9 Å². The summed E-state index contributed by atoms with van der Waals surface area (Å²) in [7, 11) is 0. The van der Waals surface area contributed by atoms with Crippen LogP contribution in [0.15, 0.2) is 6.07 Å². The van der Waals surface area contributed by atoms with Crippen LogP contribution < -0.4 is 0 Å². The van der Waals surface area contributed by atoms with E-state index in [1.165, 1.54) is 0 Å². The van der Waals surface area contributed by atoms with Gasteiger partial charge in [0, 0.05) is 19.6 Å². The van der Waals surface area contributed by atoms with Gasteiger partial charge in [0.25, 0.3) is 5.91 Å². The highest BCUT2D eigenvalue weighted by Crippen LogP contribution is 2.14. The predicted molar refractivity (Wildman–Crippen MR) is 70.5 cm³/mol. The Bertz CT molecular complexity index is 512. The van der Waals surface area contributed by atoms with E-state index in [4.69, 9.17) is 9.84 Å². The first-order valence-corrected chi connectivity index (χ1v) is 6.68. The lowest BCUT2D eigenvalue weighted by Gasteiger charge is -2.32. The van der Waals surface area contributed by atoms with Gasteiger partial charge < -0.3 is 14.7 Å². The lowest BCUT2D eigenvalue weighted by Crippen LogP contribution is -2.46. The molecule has 20 heavy (non-hydrogen) atoms. The molecule has 2 rings (SSSR count). The molecule has 0 bridgehead atoms. The molecule has 1 N–H and O–H groups in total. The topological polar surface area (TPSA) is 84.7 Å². The minimum absolute atomic E-state index is 0.0875. The summed E-state index contributed by atoms with van der Waals surface area (Å²) in [6.07, 6.45) is -0.528. The number of nitrogens with zero attached hydrogens (tertiary/aromatic N) is 3. The minimum Gasteiger partial charge on any atom is -0.481 e. The highest BCUT2D eigenvalue weighted by atomic mass is 16.5. The molecule has 1 unspecified atom stereocenters. The average molecular weight is 281 g/mol. The number of aromatic nitrogens is 2. The number of hydrogen-bond acceptors (Lipinski definition) is 4. The van der Waals surface area contributed by atoms with Crippen LogP contribution in [-0.4, -0.2) is 57.5 Å². The van der Waals surface area contributed by atoms with Crippen LogP contribution in [0.2, 0.25) is 0 Å². The van der Waals surface area contributed by atoms with Crippen LogP contribution in [0, 0.1) is 6.92 Å². The highest BCUT2D eigenvalue weighted by molar-refractivity contribution is 5.92. The van der Waals surface area contributed by atoms with E-state index in [1.807, 2.05) is 13.8 Å². The third-order valence-corrected chi connectivity index (χ3v) is 3.25. The van der Waals surface area contributed by atoms with Crippen LogP contribution in [0.3, 0.4) is 0 Å². The second-order valence-electron chi connectivity index (χ2n) is 4.83. The SMILES string of the molecule is CCn1nc(C)cc1C(=O)N1CCOC(CC(=O)O)C1. The largest absolute Gasteiger partial charge is 0.481 e. The standard InChI is InChI=1S/C13H19N3O4/c1-3-16-11(6-9(2)14-16)13(19)15-4-5-20-10(8-15)7-12(17)18/h6,10H,3-5,7-8H2,1-2H3,(H,17,18). The lowest BCUT2D eigenvalue weighted by molar-refractivity contribution is -0.141. The second-order valence-corrected chi connectivity index (χ2v) is 4.83. The molecule has 1 aliphatic rings. The van der Waals surface area contributed by atoms with Crippen molar-refractivity contribution in [3.05, 3.63) is 17.5 Å². The summed E-state index contributed by atoms with van der Waals surface area (Å²) in [5, 5.41) is 13.1. The van der Waals surface area contributed by atoms with Crippen molar-refractivity contribution in [1.82, 2.24) is 14.7 Å². The molecule has 2 heterocycles. The lowest BCUT2D eigenvalue weighted by atomic mass is 10.2. The number of ether oxygens (including phenoxy) is 1. The molecule has 0 saturated carbocycles. The van der Waals surface area contributed by atoms with Crippen molar-refractivity contribution >= 4 is 11.9 Å². The third kappa shape index (κ3) is 3.16. The minimum atomic E-state index is -0.918. The van der Waals surface area contributed by atoms with Crippen LogP contribution in [0.25, 0.3) is 0 Å². The Kier molecular flexibility index (Phi) is 4.39. The van der Waals surface area contributed by atoms with Crippen molar-refractivity contribution in [2.75, 3.05) is 19.7 Å². The normalized spacial score (nSPS) is 19.1. The van der Waals surface area contributed by atoms with Gasteiger partial charge in [-0.3, -0.25) is 14.3 Å². The molecule has 0 radical (unpaired) electrons. The smallest absolute Gasteiger partial charge is 0.306 e. The molecule has 7 nitrogen and oxygen atoms in total. The molecule has 1 amide bonds. The number of carboxylic acids is 1. The van der Waals surface area contributed by atoms with Crippen molar-refractivity contribution in [1.29, 1.82) is 0 Å². The maximum atomic E-state index is 12.5. The average Bonchev–Trinajstić information content (AvgIpc) is 2.78. The van der Waals surface area contributed by atoms with Gasteiger partial charge in [0.15, 0.2) is 0 Å². The fourth-order valence-corrected chi connectivity index (χ4v) is 2.34. The Hall–Kier alpha value is -1.89. The van der Waals surface area contributed by atoms with E-state index in [1.54, 1.807) is 15.6 Å². The Labute approximate surface area is 117 Å². The molecule has 1 fully saturated rings. The van der Waals surface area contributed by atoms with Crippen LogP contribution >= 0.6 is 0 Å². The van der Waals surface area contributed by atoms with E-state index in [0.717, 1.165) is 5.69 Å². The fourth-order valence-electron chi connectivity index (χ4n) is 2.34. The van der Waals surface area contributed by atoms with Gasteiger partial charge in [-0.25, -0.2) is 0 Å². The second kappa shape index (κ2) is 6.04. The van der Waals surface area contributed by atoms with Crippen molar-refractivity contribution in [3.63, 3.8) is 0 Å². The van der Waals surface area contributed by atoms with E-state index >= 15 is 0 Å². The Morgan fingerprint density at radius 2 is 2.30 bits per heavy atom. The number of rotatable bonds is 4. The van der Waals surface area contributed by atoms with Gasteiger partial charge in [-0.15, -0.1) is 0 Å². The predicted octanol–water partition coefficient (Wildman–Crippen LogP) is 0.527. The number of amides is 1. The van der Waals surface area contributed by atoms with Crippen LogP contribution in [0.1, 0.15) is 29.5 Å². The molecular formula is C13H19N3O4. The summed E-state index contributed by atoms with van der Waals surface area (Å²) in [5.41, 5.74) is 1.34. The number of carbonyl (C=O) groups is 2. The number of hydrogen-bond donors (Lipinski definition) is 1. The van der Waals surface area contributed by atoms with Gasteiger partial charge in [-0.05, 0) is 19.9 Å². The number of carbonyl (C=O) groups excluding carboxylic acids is 1. The zero-order chi connectivity index (χ0) is 14.7. The molecule has 1 aliphatic heterocycles. The van der Waals surface area contributed by atoms with Crippen molar-refractivity contribution < 1.29 is 19.4 Å². The molecule has 1 saturated heterocycles. The quantitative estimate of drug-likeness (QED) is 0.870. The summed E-state index contributed by atoms with van der Waals surface area (Å²) in [4.78, 5) is 24.8. The third-order valence-electron chi connectivity index (χ3n) is 3.25. The molecule has 7 heteroatoms. The van der Waals surface area contributed by atoms with E-state index in [2.05, 4.69) is 5.10 Å². The number of aryl methyl sites for hydroxylation is 2. The van der Waals surface area contributed by atoms with Gasteiger partial charge in [0.1, 0.15) is 5.69 Å². The van der Waals surface area contributed by atoms with E-state index in [9.17, 15) is 9.59 Å². The van der Waals surface area contributed by atoms with Crippen LogP contribution in [0.4, 0.5) is 0 Å². The van der Waals surface area contributed by atoms with Gasteiger partial charge in [0.05, 0.1) is 24.8 Å². The first kappa shape index (κ1) is 14.5. The fraction of sp³-hybridized carbons (Fsp3) is 0.615. The van der Waals surface area contributed by atoms with Gasteiger partial charge in [-0.1, -0.05) is 0 Å². The van der Waals surface area contributed by atoms with E-state index < -0.39 is 12.1 Å². The van der Waals surface area contributed by atoms with Crippen molar-refractivity contribution in [2.45, 2.75) is 32.9 Å². The van der Waals surface area contributed by atoms with Crippen LogP contribution in [-0.2, 0) is 16.1 Å². The maximum Gasteiger partial charge on any atom is 0.306 e. The summed E-state index contributed by atoms with van der Waals surface area (Å²) in [6, 6.07) is 1.76. The van der Waals surface area contributed by atoms with Crippen molar-refractivity contribution in [3.8, 4) is 0 Å². The zero-order valence-corrected chi connectivity index (χ0v) is 11.7.